The highest BCUT2D eigenvalue weighted by molar-refractivity contribution is 7.11. The molecule has 1 spiro atoms. The summed E-state index contributed by atoms with van der Waals surface area (Å²) in [5, 5.41) is 4.93. The molecule has 4 heterocycles. The molecule has 2 saturated carbocycles. The van der Waals surface area contributed by atoms with Crippen LogP contribution in [-0.4, -0.2) is 49.3 Å². The van der Waals surface area contributed by atoms with Crippen LogP contribution in [-0.2, 0) is 6.54 Å². The van der Waals surface area contributed by atoms with Gasteiger partial charge in [-0.3, -0.25) is 0 Å². The Morgan fingerprint density at radius 1 is 1.19 bits per heavy atom. The highest BCUT2D eigenvalue weighted by Gasteiger charge is 2.49. The van der Waals surface area contributed by atoms with E-state index >= 15 is 0 Å². The quantitative estimate of drug-likeness (QED) is 0.364. The van der Waals surface area contributed by atoms with Gasteiger partial charge in [0, 0.05) is 35.1 Å². The predicted octanol–water partition coefficient (Wildman–Crippen LogP) is 5.02. The van der Waals surface area contributed by atoms with Crippen molar-refractivity contribution in [1.29, 1.82) is 0 Å². The number of fused-ring (bicyclic) bond motifs is 1. The first-order valence-corrected chi connectivity index (χ1v) is 13.6. The van der Waals surface area contributed by atoms with E-state index < -0.39 is 0 Å². The maximum Gasteiger partial charge on any atom is 0.245 e. The Morgan fingerprint density at radius 2 is 2.03 bits per heavy atom. The van der Waals surface area contributed by atoms with Gasteiger partial charge in [0.25, 0.3) is 0 Å². The normalized spacial score (nSPS) is 19.8. The van der Waals surface area contributed by atoms with Crippen molar-refractivity contribution in [3.05, 3.63) is 45.6 Å². The molecule has 1 N–H and O–H groups in total. The Morgan fingerprint density at radius 3 is 2.69 bits per heavy atom. The number of benzene rings is 1. The minimum Gasteiger partial charge on any atom is -0.490 e. The van der Waals surface area contributed by atoms with E-state index in [1.54, 1.807) is 17.7 Å². The molecular weight excluding hydrogens is 496 g/mol. The Labute approximate surface area is 218 Å². The van der Waals surface area contributed by atoms with Crippen LogP contribution in [0.25, 0.3) is 22.6 Å². The van der Waals surface area contributed by atoms with E-state index in [0.717, 1.165) is 60.0 Å². The van der Waals surface area contributed by atoms with Crippen LogP contribution in [0.3, 0.4) is 0 Å². The van der Waals surface area contributed by atoms with Crippen LogP contribution >= 0.6 is 22.9 Å². The van der Waals surface area contributed by atoms with E-state index in [1.165, 1.54) is 0 Å². The first-order valence-electron chi connectivity index (χ1n) is 12.4. The number of nitrogens with zero attached hydrogens (tertiary/aromatic N) is 5. The van der Waals surface area contributed by atoms with Crippen molar-refractivity contribution in [2.45, 2.75) is 57.8 Å². The number of hydrogen-bond acceptors (Lipinski definition) is 8. The number of thiazole rings is 1. The van der Waals surface area contributed by atoms with E-state index in [1.807, 2.05) is 24.4 Å². The van der Waals surface area contributed by atoms with Crippen molar-refractivity contribution in [1.82, 2.24) is 29.8 Å². The number of hydrogen-bond donors (Lipinski definition) is 1. The van der Waals surface area contributed by atoms with Crippen LogP contribution in [0.15, 0.2) is 30.7 Å². The molecule has 10 heteroatoms. The number of rotatable bonds is 7. The molecule has 0 unspecified atom stereocenters. The Kier molecular flexibility index (Phi) is 5.07. The molecule has 1 aliphatic heterocycles. The van der Waals surface area contributed by atoms with Crippen molar-refractivity contribution in [2.24, 2.45) is 5.41 Å². The molecule has 8 nitrogen and oxygen atoms in total. The third-order valence-corrected chi connectivity index (χ3v) is 8.77. The lowest BCUT2D eigenvalue weighted by Gasteiger charge is -2.53. The average molecular weight is 523 g/mol. The van der Waals surface area contributed by atoms with Crippen molar-refractivity contribution in [3.63, 3.8) is 0 Å². The van der Waals surface area contributed by atoms with E-state index in [4.69, 9.17) is 26.1 Å². The number of aryl methyl sites for hydroxylation is 1. The second kappa shape index (κ2) is 8.13. The van der Waals surface area contributed by atoms with Gasteiger partial charge in [0.05, 0.1) is 17.7 Å². The maximum absolute atomic E-state index is 6.84. The van der Waals surface area contributed by atoms with E-state index in [2.05, 4.69) is 38.7 Å². The topological polar surface area (TPSA) is 87.0 Å². The monoisotopic (exact) mass is 522 g/mol. The molecule has 3 fully saturated rings. The smallest absolute Gasteiger partial charge is 0.245 e. The number of imidazole rings is 1. The molecule has 3 aromatic heterocycles. The molecule has 4 aromatic rings. The van der Waals surface area contributed by atoms with Crippen molar-refractivity contribution >= 4 is 34.1 Å². The van der Waals surface area contributed by atoms with Crippen molar-refractivity contribution < 1.29 is 9.47 Å². The van der Waals surface area contributed by atoms with Crippen molar-refractivity contribution in [2.75, 3.05) is 13.1 Å². The van der Waals surface area contributed by atoms with Gasteiger partial charge in [-0.05, 0) is 57.7 Å². The minimum atomic E-state index is -0.177. The van der Waals surface area contributed by atoms with Gasteiger partial charge in [-0.1, -0.05) is 11.6 Å². The summed E-state index contributed by atoms with van der Waals surface area (Å²) in [5.74, 6) is 2.01. The zero-order valence-electron chi connectivity index (χ0n) is 20.3. The molecule has 0 atom stereocenters. The minimum absolute atomic E-state index is 0.177. The molecule has 1 saturated heterocycles. The fourth-order valence-electron chi connectivity index (χ4n) is 5.17. The first kappa shape index (κ1) is 22.4. The number of ether oxygens (including phenoxy) is 2. The summed E-state index contributed by atoms with van der Waals surface area (Å²) in [6, 6.07) is 5.86. The van der Waals surface area contributed by atoms with Gasteiger partial charge in [-0.2, -0.15) is 4.98 Å². The fraction of sp³-hybridized carbons (Fsp3) is 0.462. The van der Waals surface area contributed by atoms with Gasteiger partial charge in [0.1, 0.15) is 28.5 Å². The summed E-state index contributed by atoms with van der Waals surface area (Å²) in [6.45, 7) is 6.90. The molecule has 36 heavy (non-hydrogen) atoms. The van der Waals surface area contributed by atoms with Crippen molar-refractivity contribution in [3.8, 4) is 23.0 Å². The van der Waals surface area contributed by atoms with Gasteiger partial charge < -0.3 is 19.4 Å². The average Bonchev–Trinajstić information content (AvgIpc) is 3.19. The predicted molar refractivity (Wildman–Crippen MR) is 139 cm³/mol. The van der Waals surface area contributed by atoms with Gasteiger partial charge in [-0.25, -0.2) is 15.0 Å². The molecule has 1 aromatic carbocycles. The summed E-state index contributed by atoms with van der Waals surface area (Å²) >= 11 is 8.50. The summed E-state index contributed by atoms with van der Waals surface area (Å²) < 4.78 is 14.5. The molecule has 7 rings (SSSR count). The molecule has 2 aliphatic carbocycles. The third kappa shape index (κ3) is 3.93. The Bertz CT molecular complexity index is 1470. The van der Waals surface area contributed by atoms with Crippen LogP contribution in [0.4, 0.5) is 0 Å². The lowest BCUT2D eigenvalue weighted by atomic mass is 9.63. The highest BCUT2D eigenvalue weighted by Crippen LogP contribution is 2.46. The number of halogens is 1. The second-order valence-electron chi connectivity index (χ2n) is 10.7. The lowest BCUT2D eigenvalue weighted by molar-refractivity contribution is -0.0495. The molecule has 0 amide bonds. The maximum atomic E-state index is 6.84. The molecule has 3 aliphatic rings. The Hall–Kier alpha value is -2.75. The molecular formula is C26H27ClN6O2S. The largest absolute Gasteiger partial charge is 0.490 e. The zero-order chi connectivity index (χ0) is 24.5. The van der Waals surface area contributed by atoms with E-state index in [0.29, 0.717) is 39.9 Å². The fourth-order valence-corrected chi connectivity index (χ4v) is 6.20. The van der Waals surface area contributed by atoms with E-state index in [9.17, 15) is 0 Å². The summed E-state index contributed by atoms with van der Waals surface area (Å²) in [4.78, 5) is 19.7. The van der Waals surface area contributed by atoms with Crippen LogP contribution in [0, 0.1) is 12.3 Å². The summed E-state index contributed by atoms with van der Waals surface area (Å²) in [6.07, 6.45) is 7.91. The van der Waals surface area contributed by atoms with E-state index in [-0.39, 0.29) is 11.7 Å². The number of nitrogens with one attached hydrogen (secondary N) is 1. The third-order valence-electron chi connectivity index (χ3n) is 7.56. The van der Waals surface area contributed by atoms with Crippen LogP contribution in [0.5, 0.6) is 11.6 Å². The standard InChI is InChI=1S/C26H27ClN6O2S/c1-15-10-29-20(36-15)11-33-22(32-21-23(33)30-14-31-24(21)35-25(2)5-6-25)18-4-3-16(7-19(18)27)34-17-8-26(9-17)12-28-13-26/h3-4,7,10,14,17,28H,5-6,8-9,11-13H2,1-2H3. The zero-order valence-corrected chi connectivity index (χ0v) is 21.8. The number of aromatic nitrogens is 5. The van der Waals surface area contributed by atoms with Crippen LogP contribution < -0.4 is 14.8 Å². The van der Waals surface area contributed by atoms with Gasteiger partial charge in [-0.15, -0.1) is 11.3 Å². The lowest BCUT2D eigenvalue weighted by Crippen LogP contribution is -2.62. The highest BCUT2D eigenvalue weighted by atomic mass is 35.5. The summed E-state index contributed by atoms with van der Waals surface area (Å²) in [5.41, 5.74) is 2.44. The molecule has 0 bridgehead atoms. The SMILES string of the molecule is Cc1cnc(Cn2c(-c3ccc(OC4CC5(CNC5)C4)cc3Cl)nc3c(OC4(C)CC4)ncnc32)s1. The Balaban J connectivity index is 1.25. The van der Waals surface area contributed by atoms with Crippen LogP contribution in [0.1, 0.15) is 42.5 Å². The van der Waals surface area contributed by atoms with Gasteiger partial charge in [0.15, 0.2) is 11.2 Å². The van der Waals surface area contributed by atoms with Crippen LogP contribution in [0.2, 0.25) is 5.02 Å². The second-order valence-corrected chi connectivity index (χ2v) is 12.4. The van der Waals surface area contributed by atoms with Gasteiger partial charge >= 0.3 is 0 Å². The molecule has 0 radical (unpaired) electrons. The first-order chi connectivity index (χ1) is 17.4. The molecule has 186 valence electrons. The summed E-state index contributed by atoms with van der Waals surface area (Å²) in [7, 11) is 0. The van der Waals surface area contributed by atoms with Gasteiger partial charge in [0.2, 0.25) is 5.88 Å².